The van der Waals surface area contributed by atoms with Crippen molar-refractivity contribution in [2.24, 2.45) is 0 Å². The van der Waals surface area contributed by atoms with Crippen LogP contribution in [0, 0.1) is 6.92 Å². The van der Waals surface area contributed by atoms with Gasteiger partial charge in [0.05, 0.1) is 0 Å². The number of benzene rings is 4. The van der Waals surface area contributed by atoms with E-state index in [1.54, 1.807) is 0 Å². The lowest BCUT2D eigenvalue weighted by Gasteiger charge is -2.26. The molecular formula is C31H32. The first-order chi connectivity index (χ1) is 15.1. The van der Waals surface area contributed by atoms with E-state index in [-0.39, 0.29) is 0 Å². The summed E-state index contributed by atoms with van der Waals surface area (Å²) in [5.74, 6) is 1.05. The number of aryl methyl sites for hydroxylation is 1. The predicted octanol–water partition coefficient (Wildman–Crippen LogP) is 8.45. The molecule has 0 aliphatic carbocycles. The van der Waals surface area contributed by atoms with Crippen LogP contribution in [0.5, 0.6) is 0 Å². The quantitative estimate of drug-likeness (QED) is 0.302. The zero-order valence-corrected chi connectivity index (χ0v) is 19.0. The van der Waals surface area contributed by atoms with E-state index in [9.17, 15) is 0 Å². The van der Waals surface area contributed by atoms with Crippen molar-refractivity contribution in [2.45, 2.75) is 45.4 Å². The van der Waals surface area contributed by atoms with E-state index in [4.69, 9.17) is 0 Å². The van der Waals surface area contributed by atoms with E-state index < -0.39 is 0 Å². The third-order valence-electron chi connectivity index (χ3n) is 6.77. The van der Waals surface area contributed by atoms with Crippen LogP contribution >= 0.6 is 0 Å². The second kappa shape index (κ2) is 9.35. The van der Waals surface area contributed by atoms with Gasteiger partial charge in [0, 0.05) is 17.8 Å². The summed E-state index contributed by atoms with van der Waals surface area (Å²) in [5, 5.41) is 0. The molecule has 156 valence electrons. The molecule has 0 fully saturated rings. The highest BCUT2D eigenvalue weighted by molar-refractivity contribution is 5.50. The Morgan fingerprint density at radius 1 is 0.419 bits per heavy atom. The summed E-state index contributed by atoms with van der Waals surface area (Å²) >= 11 is 0. The summed E-state index contributed by atoms with van der Waals surface area (Å²) in [4.78, 5) is 0. The molecule has 3 unspecified atom stereocenters. The standard InChI is InChI=1S/C31H32/c1-22-20-30(24(3)27-16-10-6-11-17-27)31(25(4)28-18-12-7-13-19-28)21-29(22)23(2)26-14-8-5-9-15-26/h5-21,23-25H,1-4H3. The third kappa shape index (κ3) is 4.49. The van der Waals surface area contributed by atoms with Gasteiger partial charge in [-0.1, -0.05) is 124 Å². The molecule has 4 rings (SSSR count). The van der Waals surface area contributed by atoms with Crippen LogP contribution in [0.2, 0.25) is 0 Å². The van der Waals surface area contributed by atoms with Crippen molar-refractivity contribution >= 4 is 0 Å². The minimum Gasteiger partial charge on any atom is -0.0622 e. The van der Waals surface area contributed by atoms with Crippen LogP contribution in [0.3, 0.4) is 0 Å². The molecule has 0 spiro atoms. The lowest BCUT2D eigenvalue weighted by atomic mass is 9.78. The van der Waals surface area contributed by atoms with Gasteiger partial charge in [-0.25, -0.2) is 0 Å². The van der Waals surface area contributed by atoms with Crippen LogP contribution < -0.4 is 0 Å². The van der Waals surface area contributed by atoms with Crippen molar-refractivity contribution in [3.63, 3.8) is 0 Å². The Hall–Kier alpha value is -3.12. The van der Waals surface area contributed by atoms with Gasteiger partial charge < -0.3 is 0 Å². The van der Waals surface area contributed by atoms with Crippen LogP contribution in [-0.2, 0) is 0 Å². The van der Waals surface area contributed by atoms with Crippen molar-refractivity contribution in [3.05, 3.63) is 142 Å². The molecule has 0 aliphatic rings. The Bertz CT molecular complexity index is 1110. The van der Waals surface area contributed by atoms with Crippen LogP contribution in [0.1, 0.15) is 77.5 Å². The molecule has 0 aromatic heterocycles. The molecule has 0 amide bonds. The maximum Gasteiger partial charge on any atom is 0.00640 e. The minimum atomic E-state index is 0.338. The number of rotatable bonds is 6. The SMILES string of the molecule is Cc1cc(C(C)c2ccccc2)c(C(C)c2ccccc2)cc1C(C)c1ccccc1. The Balaban J connectivity index is 1.85. The number of hydrogen-bond donors (Lipinski definition) is 0. The lowest BCUT2D eigenvalue weighted by molar-refractivity contribution is 0.824. The summed E-state index contributed by atoms with van der Waals surface area (Å²) in [6.45, 7) is 9.28. The van der Waals surface area contributed by atoms with E-state index in [0.29, 0.717) is 17.8 Å². The highest BCUT2D eigenvalue weighted by Crippen LogP contribution is 2.38. The Morgan fingerprint density at radius 2 is 0.742 bits per heavy atom. The molecule has 0 heterocycles. The van der Waals surface area contributed by atoms with E-state index in [0.717, 1.165) is 0 Å². The molecule has 4 aromatic rings. The average Bonchev–Trinajstić information content (AvgIpc) is 2.84. The molecule has 0 N–H and O–H groups in total. The van der Waals surface area contributed by atoms with E-state index in [1.807, 2.05) is 0 Å². The molecule has 0 saturated carbocycles. The van der Waals surface area contributed by atoms with Crippen molar-refractivity contribution in [3.8, 4) is 0 Å². The van der Waals surface area contributed by atoms with Gasteiger partial charge in [0.2, 0.25) is 0 Å². The molecule has 0 bridgehead atoms. The molecule has 31 heavy (non-hydrogen) atoms. The maximum absolute atomic E-state index is 2.49. The zero-order valence-electron chi connectivity index (χ0n) is 19.0. The normalized spacial score (nSPS) is 14.1. The maximum atomic E-state index is 2.49. The van der Waals surface area contributed by atoms with Crippen LogP contribution in [0.15, 0.2) is 103 Å². The highest BCUT2D eigenvalue weighted by Gasteiger charge is 2.22. The topological polar surface area (TPSA) is 0 Å². The number of hydrogen-bond acceptors (Lipinski definition) is 0. The average molecular weight is 405 g/mol. The summed E-state index contributed by atoms with van der Waals surface area (Å²) in [6, 6.07) is 37.6. The van der Waals surface area contributed by atoms with Crippen molar-refractivity contribution in [1.82, 2.24) is 0 Å². The van der Waals surface area contributed by atoms with Crippen molar-refractivity contribution in [1.29, 1.82) is 0 Å². The molecule has 0 aliphatic heterocycles. The molecule has 4 aromatic carbocycles. The van der Waals surface area contributed by atoms with Gasteiger partial charge in [-0.3, -0.25) is 0 Å². The van der Waals surface area contributed by atoms with E-state index in [2.05, 4.69) is 131 Å². The van der Waals surface area contributed by atoms with Gasteiger partial charge in [0.15, 0.2) is 0 Å². The summed E-state index contributed by atoms with van der Waals surface area (Å²) < 4.78 is 0. The molecule has 0 radical (unpaired) electrons. The third-order valence-corrected chi connectivity index (χ3v) is 6.77. The van der Waals surface area contributed by atoms with Gasteiger partial charge in [0.25, 0.3) is 0 Å². The first-order valence-electron chi connectivity index (χ1n) is 11.4. The second-order valence-corrected chi connectivity index (χ2v) is 8.73. The monoisotopic (exact) mass is 404 g/mol. The molecule has 0 heteroatoms. The fourth-order valence-electron chi connectivity index (χ4n) is 4.74. The van der Waals surface area contributed by atoms with E-state index in [1.165, 1.54) is 38.9 Å². The smallest absolute Gasteiger partial charge is 0.00640 e. The zero-order chi connectivity index (χ0) is 21.8. The fraction of sp³-hybridized carbons (Fsp3) is 0.226. The molecule has 0 saturated heterocycles. The van der Waals surface area contributed by atoms with Crippen LogP contribution in [0.25, 0.3) is 0 Å². The highest BCUT2D eigenvalue weighted by atomic mass is 14.3. The molecular weight excluding hydrogens is 372 g/mol. The second-order valence-electron chi connectivity index (χ2n) is 8.73. The van der Waals surface area contributed by atoms with Gasteiger partial charge in [-0.05, 0) is 45.9 Å². The first kappa shape index (κ1) is 21.1. The molecule has 3 atom stereocenters. The van der Waals surface area contributed by atoms with E-state index >= 15 is 0 Å². The first-order valence-corrected chi connectivity index (χ1v) is 11.4. The van der Waals surface area contributed by atoms with Gasteiger partial charge in [-0.15, -0.1) is 0 Å². The Kier molecular flexibility index (Phi) is 6.37. The van der Waals surface area contributed by atoms with Crippen LogP contribution in [0.4, 0.5) is 0 Å². The summed E-state index contributed by atoms with van der Waals surface area (Å²) in [6.07, 6.45) is 0. The summed E-state index contributed by atoms with van der Waals surface area (Å²) in [5.41, 5.74) is 9.77. The lowest BCUT2D eigenvalue weighted by Crippen LogP contribution is -2.09. The van der Waals surface area contributed by atoms with Gasteiger partial charge in [0.1, 0.15) is 0 Å². The Labute approximate surface area is 187 Å². The van der Waals surface area contributed by atoms with Gasteiger partial charge in [-0.2, -0.15) is 0 Å². The Morgan fingerprint density at radius 3 is 1.13 bits per heavy atom. The largest absolute Gasteiger partial charge is 0.0622 e. The van der Waals surface area contributed by atoms with Gasteiger partial charge >= 0.3 is 0 Å². The van der Waals surface area contributed by atoms with Crippen molar-refractivity contribution < 1.29 is 0 Å². The van der Waals surface area contributed by atoms with Crippen molar-refractivity contribution in [2.75, 3.05) is 0 Å². The minimum absolute atomic E-state index is 0.338. The summed E-state index contributed by atoms with van der Waals surface area (Å²) in [7, 11) is 0. The predicted molar refractivity (Wildman–Crippen MR) is 133 cm³/mol. The van der Waals surface area contributed by atoms with Crippen LogP contribution in [-0.4, -0.2) is 0 Å². The fourth-order valence-corrected chi connectivity index (χ4v) is 4.74. The molecule has 0 nitrogen and oxygen atoms in total.